The Balaban J connectivity index is 1.23. The molecule has 4 aromatic rings. The molecule has 1 atom stereocenters. The van der Waals surface area contributed by atoms with E-state index in [1.807, 2.05) is 36.6 Å². The fraction of sp³-hybridized carbons (Fsp3) is 0.267. The molecule has 0 spiro atoms. The lowest BCUT2D eigenvalue weighted by atomic mass is 10.0. The standard InChI is InChI=1S/C30H30FN9O3/c1-18(41)34-25-8-7-23(14-24(25)31)36-30(42)35-22-5-3-19(4-6-22)28-37-26-13-20(21-16-33-39(2)17-21)15-32-27(26)29(38-28)40-9-11-43-12-10-40/h3-8,13-16,21H,9-12,17H2,1-2H3,(H,34,41)(H2,35,36,42). The van der Waals surface area contributed by atoms with Crippen molar-refractivity contribution in [2.24, 2.45) is 5.10 Å². The molecule has 6 rings (SSSR count). The molecule has 0 saturated carbocycles. The van der Waals surface area contributed by atoms with Crippen LogP contribution in [-0.4, -0.2) is 78.0 Å². The maximum Gasteiger partial charge on any atom is 0.323 e. The molecule has 43 heavy (non-hydrogen) atoms. The van der Waals surface area contributed by atoms with Gasteiger partial charge in [-0.2, -0.15) is 5.10 Å². The summed E-state index contributed by atoms with van der Waals surface area (Å²) in [7, 11) is 1.94. The van der Waals surface area contributed by atoms with E-state index in [-0.39, 0.29) is 23.2 Å². The molecule has 3 N–H and O–H groups in total. The first kappa shape index (κ1) is 28.0. The van der Waals surface area contributed by atoms with Crippen LogP contribution in [0.3, 0.4) is 0 Å². The maximum absolute atomic E-state index is 14.2. The van der Waals surface area contributed by atoms with Crippen molar-refractivity contribution in [3.8, 4) is 11.4 Å². The molecular formula is C30H30FN9O3. The van der Waals surface area contributed by atoms with Crippen molar-refractivity contribution in [2.45, 2.75) is 12.8 Å². The van der Waals surface area contributed by atoms with Crippen molar-refractivity contribution < 1.29 is 18.7 Å². The number of amides is 3. The lowest BCUT2D eigenvalue weighted by Gasteiger charge is -2.28. The molecule has 2 aromatic heterocycles. The van der Waals surface area contributed by atoms with E-state index in [0.717, 1.165) is 40.6 Å². The second-order valence-corrected chi connectivity index (χ2v) is 10.4. The highest BCUT2D eigenvalue weighted by Crippen LogP contribution is 2.30. The molecule has 2 aromatic carbocycles. The minimum atomic E-state index is -0.657. The van der Waals surface area contributed by atoms with E-state index in [4.69, 9.17) is 19.7 Å². The number of pyridine rings is 1. The van der Waals surface area contributed by atoms with Crippen molar-refractivity contribution in [3.05, 3.63) is 66.1 Å². The predicted octanol–water partition coefficient (Wildman–Crippen LogP) is 4.28. The number of carbonyl (C=O) groups is 2. The molecule has 1 unspecified atom stereocenters. The van der Waals surface area contributed by atoms with E-state index in [9.17, 15) is 14.0 Å². The van der Waals surface area contributed by atoms with Crippen molar-refractivity contribution >= 4 is 52.1 Å². The molecule has 4 heterocycles. The van der Waals surface area contributed by atoms with Crippen LogP contribution in [-0.2, 0) is 9.53 Å². The third kappa shape index (κ3) is 6.36. The Labute approximate surface area is 247 Å². The van der Waals surface area contributed by atoms with Gasteiger partial charge >= 0.3 is 6.03 Å². The monoisotopic (exact) mass is 583 g/mol. The number of urea groups is 1. The average molecular weight is 584 g/mol. The van der Waals surface area contributed by atoms with Crippen LogP contribution >= 0.6 is 0 Å². The molecule has 1 saturated heterocycles. The number of likely N-dealkylation sites (N-methyl/N-ethyl adjacent to an activating group) is 1. The first-order valence-corrected chi connectivity index (χ1v) is 13.8. The van der Waals surface area contributed by atoms with E-state index in [1.54, 1.807) is 12.1 Å². The Hall–Kier alpha value is -5.17. The van der Waals surface area contributed by atoms with Crippen LogP contribution in [0.4, 0.5) is 32.1 Å². The SMILES string of the molecule is CC(=O)Nc1ccc(NC(=O)Nc2ccc(-c3nc(N4CCOCC4)c4ncc(C5C=NN(C)C5)cc4n3)cc2)cc1F. The molecule has 0 radical (unpaired) electrons. The van der Waals surface area contributed by atoms with Gasteiger partial charge in [-0.05, 0) is 54.1 Å². The van der Waals surface area contributed by atoms with Crippen LogP contribution in [0.25, 0.3) is 22.4 Å². The summed E-state index contributed by atoms with van der Waals surface area (Å²) in [6.45, 7) is 4.69. The maximum atomic E-state index is 14.2. The third-order valence-corrected chi connectivity index (χ3v) is 7.12. The fourth-order valence-electron chi connectivity index (χ4n) is 4.99. The number of hydrogen-bond acceptors (Lipinski definition) is 9. The van der Waals surface area contributed by atoms with Crippen LogP contribution in [0, 0.1) is 5.82 Å². The number of fused-ring (bicyclic) bond motifs is 1. The minimum Gasteiger partial charge on any atom is -0.378 e. The van der Waals surface area contributed by atoms with Gasteiger partial charge < -0.3 is 25.6 Å². The van der Waals surface area contributed by atoms with Gasteiger partial charge in [-0.1, -0.05) is 0 Å². The number of morpholine rings is 1. The number of carbonyl (C=O) groups excluding carboxylic acids is 2. The zero-order valence-electron chi connectivity index (χ0n) is 23.7. The van der Waals surface area contributed by atoms with E-state index in [1.165, 1.54) is 19.1 Å². The van der Waals surface area contributed by atoms with Crippen LogP contribution in [0.2, 0.25) is 0 Å². The number of hydrazone groups is 1. The predicted molar refractivity (Wildman–Crippen MR) is 163 cm³/mol. The molecule has 0 aliphatic carbocycles. The highest BCUT2D eigenvalue weighted by atomic mass is 19.1. The smallest absolute Gasteiger partial charge is 0.323 e. The van der Waals surface area contributed by atoms with Crippen molar-refractivity contribution in [2.75, 3.05) is 60.7 Å². The normalized spacial score (nSPS) is 16.4. The van der Waals surface area contributed by atoms with E-state index >= 15 is 0 Å². The fourth-order valence-corrected chi connectivity index (χ4v) is 4.99. The van der Waals surface area contributed by atoms with E-state index < -0.39 is 11.8 Å². The summed E-state index contributed by atoms with van der Waals surface area (Å²) < 4.78 is 19.8. The summed E-state index contributed by atoms with van der Waals surface area (Å²) in [5.41, 5.74) is 4.08. The van der Waals surface area contributed by atoms with Gasteiger partial charge in [-0.15, -0.1) is 0 Å². The number of nitrogens with zero attached hydrogens (tertiary/aromatic N) is 6. The number of ether oxygens (including phenoxy) is 1. The number of aromatic nitrogens is 3. The van der Waals surface area contributed by atoms with Crippen molar-refractivity contribution in [1.29, 1.82) is 0 Å². The lowest BCUT2D eigenvalue weighted by Crippen LogP contribution is -2.37. The number of rotatable bonds is 6. The molecule has 12 nitrogen and oxygen atoms in total. The number of nitrogens with one attached hydrogen (secondary N) is 3. The Morgan fingerprint density at radius 2 is 1.72 bits per heavy atom. The first-order chi connectivity index (χ1) is 20.8. The molecular weight excluding hydrogens is 553 g/mol. The third-order valence-electron chi connectivity index (χ3n) is 7.12. The van der Waals surface area contributed by atoms with Crippen molar-refractivity contribution in [3.63, 3.8) is 0 Å². The summed E-state index contributed by atoms with van der Waals surface area (Å²) >= 11 is 0. The van der Waals surface area contributed by atoms with E-state index in [2.05, 4.69) is 32.0 Å². The topological polar surface area (TPSA) is 137 Å². The quantitative estimate of drug-likeness (QED) is 0.306. The van der Waals surface area contributed by atoms with Gasteiger partial charge in [0.25, 0.3) is 0 Å². The average Bonchev–Trinajstić information content (AvgIpc) is 3.44. The summed E-state index contributed by atoms with van der Waals surface area (Å²) in [6.07, 6.45) is 3.80. The Morgan fingerprint density at radius 3 is 2.42 bits per heavy atom. The summed E-state index contributed by atoms with van der Waals surface area (Å²) in [6, 6.07) is 12.7. The Kier molecular flexibility index (Phi) is 7.79. The van der Waals surface area contributed by atoms with Crippen LogP contribution < -0.4 is 20.9 Å². The first-order valence-electron chi connectivity index (χ1n) is 13.8. The van der Waals surface area contributed by atoms with Crippen molar-refractivity contribution in [1.82, 2.24) is 20.0 Å². The molecule has 220 valence electrons. The summed E-state index contributed by atoms with van der Waals surface area (Å²) in [4.78, 5) is 40.5. The number of hydrogen-bond donors (Lipinski definition) is 3. The van der Waals surface area contributed by atoms with Crippen LogP contribution in [0.5, 0.6) is 0 Å². The minimum absolute atomic E-state index is 0.0359. The Bertz CT molecular complexity index is 1710. The van der Waals surface area contributed by atoms with Gasteiger partial charge in [0, 0.05) is 68.9 Å². The summed E-state index contributed by atoms with van der Waals surface area (Å²) in [5.74, 6) is 0.382. The number of benzene rings is 2. The second kappa shape index (κ2) is 12.0. The molecule has 13 heteroatoms. The van der Waals surface area contributed by atoms with Crippen LogP contribution in [0.1, 0.15) is 18.4 Å². The van der Waals surface area contributed by atoms with Gasteiger partial charge in [-0.3, -0.25) is 14.8 Å². The van der Waals surface area contributed by atoms with Crippen LogP contribution in [0.15, 0.2) is 59.8 Å². The highest BCUT2D eigenvalue weighted by molar-refractivity contribution is 6.00. The van der Waals surface area contributed by atoms with Gasteiger partial charge in [0.1, 0.15) is 11.3 Å². The zero-order chi connectivity index (χ0) is 29.9. The second-order valence-electron chi connectivity index (χ2n) is 10.4. The molecule has 2 aliphatic heterocycles. The largest absolute Gasteiger partial charge is 0.378 e. The highest BCUT2D eigenvalue weighted by Gasteiger charge is 2.22. The van der Waals surface area contributed by atoms with Gasteiger partial charge in [0.2, 0.25) is 5.91 Å². The molecule has 2 aliphatic rings. The number of anilines is 4. The molecule has 0 bridgehead atoms. The summed E-state index contributed by atoms with van der Waals surface area (Å²) in [5, 5.41) is 14.0. The zero-order valence-corrected chi connectivity index (χ0v) is 23.7. The van der Waals surface area contributed by atoms with E-state index in [0.29, 0.717) is 37.8 Å². The molecule has 1 fully saturated rings. The molecule has 3 amide bonds. The van der Waals surface area contributed by atoms with Gasteiger partial charge in [0.15, 0.2) is 11.6 Å². The number of halogens is 1. The van der Waals surface area contributed by atoms with Gasteiger partial charge in [-0.25, -0.2) is 19.2 Å². The van der Waals surface area contributed by atoms with Gasteiger partial charge in [0.05, 0.1) is 24.4 Å². The Morgan fingerprint density at radius 1 is 0.977 bits per heavy atom. The lowest BCUT2D eigenvalue weighted by molar-refractivity contribution is -0.114.